The van der Waals surface area contributed by atoms with E-state index in [2.05, 4.69) is 26.6 Å². The molecule has 13 nitrogen and oxygen atoms in total. The van der Waals surface area contributed by atoms with Gasteiger partial charge in [-0.1, -0.05) is 24.3 Å². The van der Waals surface area contributed by atoms with Crippen LogP contribution in [0.5, 0.6) is 5.88 Å². The largest absolute Gasteiger partial charge is 0.472 e. The van der Waals surface area contributed by atoms with E-state index in [1.807, 2.05) is 30.3 Å². The number of aromatic nitrogens is 3. The smallest absolute Gasteiger partial charge is 0.411 e. The summed E-state index contributed by atoms with van der Waals surface area (Å²) < 4.78 is 39.3. The Morgan fingerprint density at radius 1 is 1.13 bits per heavy atom. The van der Waals surface area contributed by atoms with E-state index >= 15 is 0 Å². The van der Waals surface area contributed by atoms with Gasteiger partial charge in [0.05, 0.1) is 23.7 Å². The van der Waals surface area contributed by atoms with Crippen LogP contribution in [0.25, 0.3) is 22.2 Å². The second kappa shape index (κ2) is 11.6. The Morgan fingerprint density at radius 2 is 1.89 bits per heavy atom. The Kier molecular flexibility index (Phi) is 7.95. The first-order valence-electron chi connectivity index (χ1n) is 15.1. The third kappa shape index (κ3) is 6.39. The van der Waals surface area contributed by atoms with Gasteiger partial charge in [-0.25, -0.2) is 18.2 Å². The predicted molar refractivity (Wildman–Crippen MR) is 168 cm³/mol. The summed E-state index contributed by atoms with van der Waals surface area (Å²) in [6.45, 7) is 8.90. The minimum atomic E-state index is -3.85. The van der Waals surface area contributed by atoms with Crippen LogP contribution in [0.4, 0.5) is 4.79 Å². The average Bonchev–Trinajstić information content (AvgIpc) is 3.93. The lowest BCUT2D eigenvalue weighted by Crippen LogP contribution is -2.56. The van der Waals surface area contributed by atoms with Crippen LogP contribution in [0, 0.1) is 5.92 Å². The third-order valence-corrected chi connectivity index (χ3v) is 10.1. The lowest BCUT2D eigenvalue weighted by atomic mass is 10.1. The van der Waals surface area contributed by atoms with Crippen LogP contribution in [0.1, 0.15) is 46.5 Å². The predicted octanol–water partition coefficient (Wildman–Crippen LogP) is 3.12. The highest BCUT2D eigenvalue weighted by Gasteiger charge is 2.62. The van der Waals surface area contributed by atoms with E-state index in [1.54, 1.807) is 39.4 Å². The molecule has 3 amide bonds. The van der Waals surface area contributed by atoms with Gasteiger partial charge in [-0.3, -0.25) is 29.2 Å². The van der Waals surface area contributed by atoms with E-state index < -0.39 is 62.4 Å². The first kappa shape index (κ1) is 31.4. The summed E-state index contributed by atoms with van der Waals surface area (Å²) in [7, 11) is -3.85. The van der Waals surface area contributed by atoms with Gasteiger partial charge in [-0.05, 0) is 57.6 Å². The zero-order chi connectivity index (χ0) is 32.9. The SMILES string of the molecule is C=C[C@@H]1C[C@]1(NC(=O)[C@@H]1C[C@@H](Oc2nc(-c3cnccn3)cc3ccccc23)CN1C(=O)OC(C)(C)C)C(=O)NS(=O)(=O)C1CC1. The summed E-state index contributed by atoms with van der Waals surface area (Å²) in [6.07, 6.45) is 6.04. The molecule has 1 aliphatic heterocycles. The molecule has 2 aliphatic carbocycles. The van der Waals surface area contributed by atoms with Crippen LogP contribution in [0.2, 0.25) is 0 Å². The number of hydrogen-bond donors (Lipinski definition) is 2. The van der Waals surface area contributed by atoms with Gasteiger partial charge < -0.3 is 14.8 Å². The van der Waals surface area contributed by atoms with Crippen molar-refractivity contribution < 1.29 is 32.3 Å². The fourth-order valence-corrected chi connectivity index (χ4v) is 7.01. The van der Waals surface area contributed by atoms with Crippen LogP contribution < -0.4 is 14.8 Å². The van der Waals surface area contributed by atoms with Gasteiger partial charge >= 0.3 is 6.09 Å². The minimum Gasteiger partial charge on any atom is -0.472 e. The molecule has 2 aromatic heterocycles. The number of hydrogen-bond acceptors (Lipinski definition) is 10. The fourth-order valence-electron chi connectivity index (χ4n) is 5.65. The number of ether oxygens (including phenoxy) is 2. The van der Waals surface area contributed by atoms with E-state index in [1.165, 1.54) is 11.0 Å². The second-order valence-electron chi connectivity index (χ2n) is 12.9. The topological polar surface area (TPSA) is 170 Å². The number of carbonyl (C=O) groups is 3. The number of nitrogens with zero attached hydrogens (tertiary/aromatic N) is 4. The molecule has 6 rings (SSSR count). The summed E-state index contributed by atoms with van der Waals surface area (Å²) in [5.41, 5.74) is -1.26. The third-order valence-electron chi connectivity index (χ3n) is 8.25. The number of pyridine rings is 1. The van der Waals surface area contributed by atoms with Crippen molar-refractivity contribution in [1.29, 1.82) is 0 Å². The molecule has 3 aliphatic rings. The van der Waals surface area contributed by atoms with Gasteiger partial charge in [0.2, 0.25) is 21.8 Å². The number of amides is 3. The van der Waals surface area contributed by atoms with Crippen molar-refractivity contribution in [3.05, 3.63) is 61.6 Å². The quantitative estimate of drug-likeness (QED) is 0.329. The molecule has 3 fully saturated rings. The molecule has 46 heavy (non-hydrogen) atoms. The highest BCUT2D eigenvalue weighted by atomic mass is 32.2. The first-order chi connectivity index (χ1) is 21.8. The number of likely N-dealkylation sites (tertiary alicyclic amines) is 1. The lowest BCUT2D eigenvalue weighted by molar-refractivity contribution is -0.131. The van der Waals surface area contributed by atoms with Gasteiger partial charge in [-0.2, -0.15) is 0 Å². The van der Waals surface area contributed by atoms with Gasteiger partial charge in [0.1, 0.15) is 29.0 Å². The molecule has 242 valence electrons. The highest BCUT2D eigenvalue weighted by Crippen LogP contribution is 2.45. The lowest BCUT2D eigenvalue weighted by Gasteiger charge is -2.29. The number of nitrogens with one attached hydrogen (secondary N) is 2. The van der Waals surface area contributed by atoms with Gasteiger partial charge in [0.15, 0.2) is 0 Å². The maximum atomic E-state index is 13.9. The van der Waals surface area contributed by atoms with Crippen LogP contribution >= 0.6 is 0 Å². The molecule has 3 heterocycles. The molecule has 0 bridgehead atoms. The van der Waals surface area contributed by atoms with E-state index in [0.29, 0.717) is 30.1 Å². The summed E-state index contributed by atoms with van der Waals surface area (Å²) in [5, 5.41) is 3.73. The minimum absolute atomic E-state index is 0.00147. The zero-order valence-corrected chi connectivity index (χ0v) is 26.6. The summed E-state index contributed by atoms with van der Waals surface area (Å²) in [6, 6.07) is 8.33. The summed E-state index contributed by atoms with van der Waals surface area (Å²) in [4.78, 5) is 55.1. The van der Waals surface area contributed by atoms with E-state index in [9.17, 15) is 22.8 Å². The van der Waals surface area contributed by atoms with Crippen molar-refractivity contribution in [2.24, 2.45) is 5.92 Å². The molecular weight excluding hydrogens is 612 g/mol. The Morgan fingerprint density at radius 3 is 2.54 bits per heavy atom. The molecule has 4 atom stereocenters. The normalized spacial score (nSPS) is 24.2. The maximum absolute atomic E-state index is 13.9. The summed E-state index contributed by atoms with van der Waals surface area (Å²) >= 11 is 0. The molecule has 0 spiro atoms. The van der Waals surface area contributed by atoms with Crippen LogP contribution in [0.3, 0.4) is 0 Å². The number of benzene rings is 1. The van der Waals surface area contributed by atoms with Crippen LogP contribution in [0.15, 0.2) is 61.6 Å². The monoisotopic (exact) mass is 648 g/mol. The van der Waals surface area contributed by atoms with Crippen molar-refractivity contribution in [2.75, 3.05) is 6.54 Å². The van der Waals surface area contributed by atoms with Gasteiger partial charge in [0, 0.05) is 30.1 Å². The Bertz CT molecular complexity index is 1810. The number of rotatable bonds is 9. The zero-order valence-electron chi connectivity index (χ0n) is 25.8. The van der Waals surface area contributed by atoms with Crippen molar-refractivity contribution in [1.82, 2.24) is 29.9 Å². The molecular formula is C32H36N6O7S. The Balaban J connectivity index is 1.27. The van der Waals surface area contributed by atoms with Gasteiger partial charge in [-0.15, -0.1) is 6.58 Å². The van der Waals surface area contributed by atoms with Crippen molar-refractivity contribution >= 4 is 38.7 Å². The molecule has 0 radical (unpaired) electrons. The highest BCUT2D eigenvalue weighted by molar-refractivity contribution is 7.91. The number of carbonyl (C=O) groups excluding carboxylic acids is 3. The molecule has 14 heteroatoms. The first-order valence-corrected chi connectivity index (χ1v) is 16.7. The molecule has 2 saturated carbocycles. The Labute approximate surface area is 266 Å². The van der Waals surface area contributed by atoms with Crippen molar-refractivity contribution in [3.63, 3.8) is 0 Å². The number of fused-ring (bicyclic) bond motifs is 1. The van der Waals surface area contributed by atoms with Gasteiger partial charge in [0.25, 0.3) is 5.91 Å². The van der Waals surface area contributed by atoms with Crippen molar-refractivity contribution in [2.45, 2.75) is 75.0 Å². The molecule has 1 aromatic carbocycles. The van der Waals surface area contributed by atoms with Crippen molar-refractivity contribution in [3.8, 4) is 17.3 Å². The second-order valence-corrected chi connectivity index (χ2v) is 14.9. The van der Waals surface area contributed by atoms with Crippen LogP contribution in [-0.2, 0) is 24.3 Å². The van der Waals surface area contributed by atoms with Crippen LogP contribution in [-0.4, -0.2) is 81.3 Å². The average molecular weight is 649 g/mol. The van der Waals surface area contributed by atoms with E-state index in [0.717, 1.165) is 10.8 Å². The Hall–Kier alpha value is -4.59. The molecule has 3 aromatic rings. The summed E-state index contributed by atoms with van der Waals surface area (Å²) in [5.74, 6) is -1.63. The maximum Gasteiger partial charge on any atom is 0.411 e. The molecule has 1 saturated heterocycles. The fraction of sp³-hybridized carbons (Fsp3) is 0.438. The van der Waals surface area contributed by atoms with E-state index in [-0.39, 0.29) is 19.4 Å². The standard InChI is InChI=1S/C32H36N6O7S/c1-5-20-16-32(20,29(40)37-46(42,43)22-10-11-22)36-27(39)26-15-21(18-38(26)30(41)45-31(2,3)4)44-28-23-9-7-6-8-19(23)14-24(35-28)25-17-33-12-13-34-25/h5-9,12-14,17,20-22,26H,1,10-11,15-16,18H2,2-4H3,(H,36,39)(H,37,40)/t20-,21-,26+,32-/m1/s1. The van der Waals surface area contributed by atoms with E-state index in [4.69, 9.17) is 14.5 Å². The number of sulfonamides is 1. The molecule has 2 N–H and O–H groups in total. The molecule has 0 unspecified atom stereocenters.